The molecule has 1 amide bonds. The van der Waals surface area contributed by atoms with E-state index in [-0.39, 0.29) is 17.0 Å². The van der Waals surface area contributed by atoms with Gasteiger partial charge in [-0.1, -0.05) is 12.5 Å². The second-order valence-electron chi connectivity index (χ2n) is 7.29. The summed E-state index contributed by atoms with van der Waals surface area (Å²) in [5.41, 5.74) is 2.67. The van der Waals surface area contributed by atoms with Crippen molar-refractivity contribution in [1.82, 2.24) is 25.0 Å². The molecule has 4 rings (SSSR count). The molecule has 2 N–H and O–H groups in total. The van der Waals surface area contributed by atoms with Crippen molar-refractivity contribution in [1.29, 1.82) is 0 Å². The molecule has 0 radical (unpaired) electrons. The minimum Gasteiger partial charge on any atom is -0.368 e. The third-order valence-electron chi connectivity index (χ3n) is 5.28. The van der Waals surface area contributed by atoms with E-state index < -0.39 is 0 Å². The summed E-state index contributed by atoms with van der Waals surface area (Å²) in [5, 5.41) is 18.4. The van der Waals surface area contributed by atoms with Crippen molar-refractivity contribution < 1.29 is 4.79 Å². The maximum absolute atomic E-state index is 12.2. The van der Waals surface area contributed by atoms with Crippen molar-refractivity contribution in [3.63, 3.8) is 0 Å². The molecule has 1 fully saturated rings. The maximum Gasteiger partial charge on any atom is 0.277 e. The van der Waals surface area contributed by atoms with Crippen LogP contribution in [-0.4, -0.2) is 37.4 Å². The van der Waals surface area contributed by atoms with Gasteiger partial charge in [0.2, 0.25) is 0 Å². The summed E-state index contributed by atoms with van der Waals surface area (Å²) in [6.45, 7) is 2.86. The van der Waals surface area contributed by atoms with E-state index in [0.29, 0.717) is 11.6 Å². The van der Waals surface area contributed by atoms with Gasteiger partial charge in [-0.25, -0.2) is 0 Å². The Bertz CT molecular complexity index is 976. The van der Waals surface area contributed by atoms with Gasteiger partial charge < -0.3 is 10.6 Å². The van der Waals surface area contributed by atoms with Crippen LogP contribution in [-0.2, 0) is 12.5 Å². The summed E-state index contributed by atoms with van der Waals surface area (Å²) in [4.78, 5) is 16.9. The first-order valence-electron chi connectivity index (χ1n) is 9.36. The lowest BCUT2D eigenvalue weighted by molar-refractivity contribution is 0.102. The lowest BCUT2D eigenvalue weighted by Crippen LogP contribution is -2.42. The van der Waals surface area contributed by atoms with E-state index in [9.17, 15) is 4.79 Å². The first kappa shape index (κ1) is 18.1. The van der Waals surface area contributed by atoms with Gasteiger partial charge >= 0.3 is 0 Å². The molecule has 0 spiro atoms. The fourth-order valence-corrected chi connectivity index (χ4v) is 3.61. The average Bonchev–Trinajstić information content (AvgIpc) is 3.07. The Morgan fingerprint density at radius 2 is 2.04 bits per heavy atom. The van der Waals surface area contributed by atoms with Crippen LogP contribution in [0.4, 0.5) is 11.6 Å². The Hall–Kier alpha value is -3.29. The fraction of sp³-hybridized carbons (Fsp3) is 0.350. The van der Waals surface area contributed by atoms with Crippen molar-refractivity contribution in [2.75, 3.05) is 17.2 Å². The molecule has 3 aromatic rings. The first-order valence-corrected chi connectivity index (χ1v) is 9.36. The molecule has 8 nitrogen and oxygen atoms in total. The largest absolute Gasteiger partial charge is 0.368 e. The molecule has 3 heterocycles. The van der Waals surface area contributed by atoms with E-state index in [0.717, 1.165) is 25.1 Å². The molecular formula is C20H23N7O. The average molecular weight is 377 g/mol. The molecule has 1 saturated carbocycles. The zero-order valence-electron chi connectivity index (χ0n) is 16.0. The van der Waals surface area contributed by atoms with E-state index in [1.807, 2.05) is 12.3 Å². The van der Waals surface area contributed by atoms with Gasteiger partial charge in [0, 0.05) is 37.5 Å². The van der Waals surface area contributed by atoms with E-state index in [2.05, 4.69) is 43.9 Å². The molecule has 28 heavy (non-hydrogen) atoms. The third-order valence-corrected chi connectivity index (χ3v) is 5.28. The van der Waals surface area contributed by atoms with Gasteiger partial charge in [-0.15, -0.1) is 10.2 Å². The Labute approximate surface area is 163 Å². The Kier molecular flexibility index (Phi) is 4.77. The second-order valence-corrected chi connectivity index (χ2v) is 7.29. The number of hydrogen-bond donors (Lipinski definition) is 2. The van der Waals surface area contributed by atoms with E-state index in [4.69, 9.17) is 0 Å². The highest BCUT2D eigenvalue weighted by atomic mass is 16.2. The number of aryl methyl sites for hydroxylation is 2. The summed E-state index contributed by atoms with van der Waals surface area (Å²) < 4.78 is 1.62. The fourth-order valence-electron chi connectivity index (χ4n) is 3.61. The minimum absolute atomic E-state index is 0.0437. The lowest BCUT2D eigenvalue weighted by atomic mass is 9.65. The number of amides is 1. The zero-order valence-corrected chi connectivity index (χ0v) is 16.0. The highest BCUT2D eigenvalue weighted by Crippen LogP contribution is 2.43. The summed E-state index contributed by atoms with van der Waals surface area (Å²) in [6.07, 6.45) is 7.03. The maximum atomic E-state index is 12.2. The van der Waals surface area contributed by atoms with Crippen LogP contribution in [0.25, 0.3) is 0 Å². The van der Waals surface area contributed by atoms with E-state index in [1.165, 1.54) is 12.0 Å². The van der Waals surface area contributed by atoms with Crippen LogP contribution in [0.2, 0.25) is 0 Å². The van der Waals surface area contributed by atoms with Gasteiger partial charge in [-0.05, 0) is 43.5 Å². The molecule has 3 aromatic heterocycles. The lowest BCUT2D eigenvalue weighted by Gasteiger charge is -2.42. The molecule has 0 aliphatic heterocycles. The van der Waals surface area contributed by atoms with Crippen LogP contribution in [0, 0.1) is 6.92 Å². The Morgan fingerprint density at radius 1 is 1.18 bits per heavy atom. The molecule has 0 aromatic carbocycles. The number of rotatable bonds is 6. The van der Waals surface area contributed by atoms with Crippen molar-refractivity contribution in [2.45, 2.75) is 31.6 Å². The van der Waals surface area contributed by atoms with Gasteiger partial charge in [-0.3, -0.25) is 14.5 Å². The van der Waals surface area contributed by atoms with Crippen LogP contribution in [0.15, 0.2) is 42.7 Å². The number of aromatic nitrogens is 5. The van der Waals surface area contributed by atoms with E-state index in [1.54, 1.807) is 36.1 Å². The van der Waals surface area contributed by atoms with Crippen LogP contribution < -0.4 is 10.6 Å². The van der Waals surface area contributed by atoms with Gasteiger partial charge in [0.05, 0.1) is 5.69 Å². The number of nitrogens with zero attached hydrogens (tertiary/aromatic N) is 5. The van der Waals surface area contributed by atoms with E-state index >= 15 is 0 Å². The summed E-state index contributed by atoms with van der Waals surface area (Å²) in [6, 6.07) is 9.24. The molecular weight excluding hydrogens is 354 g/mol. The predicted molar refractivity (Wildman–Crippen MR) is 106 cm³/mol. The number of hydrogen-bond acceptors (Lipinski definition) is 6. The molecule has 144 valence electrons. The number of carbonyl (C=O) groups is 1. The molecule has 0 unspecified atom stereocenters. The SMILES string of the molecule is Cc1cccnc1C1(CNc2ccc(C(=O)Nc3ccn(C)n3)nn2)CCC1. The van der Waals surface area contributed by atoms with Crippen LogP contribution in [0.3, 0.4) is 0 Å². The third kappa shape index (κ3) is 3.58. The predicted octanol–water partition coefficient (Wildman–Crippen LogP) is 2.70. The van der Waals surface area contributed by atoms with Gasteiger partial charge in [0.15, 0.2) is 11.5 Å². The van der Waals surface area contributed by atoms with Gasteiger partial charge in [0.1, 0.15) is 5.82 Å². The highest BCUT2D eigenvalue weighted by molar-refractivity contribution is 6.02. The highest BCUT2D eigenvalue weighted by Gasteiger charge is 2.40. The molecule has 0 saturated heterocycles. The molecule has 0 bridgehead atoms. The zero-order chi connectivity index (χ0) is 19.6. The smallest absolute Gasteiger partial charge is 0.277 e. The molecule has 1 aliphatic rings. The van der Waals surface area contributed by atoms with Gasteiger partial charge in [0.25, 0.3) is 5.91 Å². The van der Waals surface area contributed by atoms with Crippen molar-refractivity contribution in [3.8, 4) is 0 Å². The first-order chi connectivity index (χ1) is 13.6. The number of pyridine rings is 1. The minimum atomic E-state index is -0.336. The Morgan fingerprint density at radius 3 is 2.64 bits per heavy atom. The van der Waals surface area contributed by atoms with Gasteiger partial charge in [-0.2, -0.15) is 5.10 Å². The molecule has 1 aliphatic carbocycles. The second kappa shape index (κ2) is 7.38. The quantitative estimate of drug-likeness (QED) is 0.685. The summed E-state index contributed by atoms with van der Waals surface area (Å²) in [5.74, 6) is 0.792. The summed E-state index contributed by atoms with van der Waals surface area (Å²) >= 11 is 0. The van der Waals surface area contributed by atoms with Crippen LogP contribution >= 0.6 is 0 Å². The number of carbonyl (C=O) groups excluding carboxylic acids is 1. The monoisotopic (exact) mass is 377 g/mol. The van der Waals surface area contributed by atoms with Crippen LogP contribution in [0.5, 0.6) is 0 Å². The standard InChI is InChI=1S/C20H23N7O/c1-14-5-3-11-21-18(14)20(9-4-10-20)13-22-16-7-6-15(24-25-16)19(28)23-17-8-12-27(2)26-17/h3,5-8,11-12H,4,9-10,13H2,1-2H3,(H,22,25)(H,23,26,28). The van der Waals surface area contributed by atoms with Crippen LogP contribution in [0.1, 0.15) is 41.0 Å². The summed E-state index contributed by atoms with van der Waals surface area (Å²) in [7, 11) is 1.79. The molecule has 0 atom stereocenters. The topological polar surface area (TPSA) is 97.6 Å². The Balaban J connectivity index is 1.40. The number of anilines is 2. The normalized spacial score (nSPS) is 14.9. The van der Waals surface area contributed by atoms with Crippen molar-refractivity contribution >= 4 is 17.5 Å². The van der Waals surface area contributed by atoms with Crippen molar-refractivity contribution in [3.05, 3.63) is 59.7 Å². The molecule has 8 heteroatoms. The van der Waals surface area contributed by atoms with Crippen molar-refractivity contribution in [2.24, 2.45) is 7.05 Å². The number of nitrogens with one attached hydrogen (secondary N) is 2.